The lowest BCUT2D eigenvalue weighted by atomic mass is 9.98. The first-order valence-electron chi connectivity index (χ1n) is 6.51. The van der Waals surface area contributed by atoms with Crippen LogP contribution in [0.4, 0.5) is 0 Å². The fourth-order valence-electron chi connectivity index (χ4n) is 2.58. The Kier molecular flexibility index (Phi) is 2.45. The van der Waals surface area contributed by atoms with Crippen molar-refractivity contribution in [3.05, 3.63) is 77.9 Å². The van der Waals surface area contributed by atoms with Gasteiger partial charge in [0.25, 0.3) is 0 Å². The molecule has 0 N–H and O–H groups in total. The number of benzene rings is 2. The molecule has 1 aliphatic rings. The monoisotopic (exact) mass is 260 g/mol. The SMILES string of the molecule is C1=NC(c2ccccc2)c2ccccc2-n2cnnc21. The van der Waals surface area contributed by atoms with Gasteiger partial charge in [-0.05, 0) is 11.6 Å². The van der Waals surface area contributed by atoms with Crippen molar-refractivity contribution in [2.75, 3.05) is 0 Å². The van der Waals surface area contributed by atoms with Gasteiger partial charge < -0.3 is 0 Å². The first-order valence-corrected chi connectivity index (χ1v) is 6.51. The van der Waals surface area contributed by atoms with Gasteiger partial charge in [-0.15, -0.1) is 10.2 Å². The molecule has 96 valence electrons. The molecule has 1 unspecified atom stereocenters. The molecule has 4 heteroatoms. The maximum atomic E-state index is 4.70. The normalized spacial score (nSPS) is 16.3. The fourth-order valence-corrected chi connectivity index (χ4v) is 2.58. The molecule has 0 saturated heterocycles. The van der Waals surface area contributed by atoms with Crippen molar-refractivity contribution >= 4 is 6.21 Å². The summed E-state index contributed by atoms with van der Waals surface area (Å²) in [6.45, 7) is 0. The topological polar surface area (TPSA) is 43.1 Å². The summed E-state index contributed by atoms with van der Waals surface area (Å²) in [5.74, 6) is 0.760. The van der Waals surface area contributed by atoms with Crippen molar-refractivity contribution in [3.63, 3.8) is 0 Å². The second kappa shape index (κ2) is 4.42. The summed E-state index contributed by atoms with van der Waals surface area (Å²) in [7, 11) is 0. The van der Waals surface area contributed by atoms with E-state index in [9.17, 15) is 0 Å². The van der Waals surface area contributed by atoms with Crippen molar-refractivity contribution in [3.8, 4) is 5.69 Å². The van der Waals surface area contributed by atoms with E-state index in [-0.39, 0.29) is 6.04 Å². The van der Waals surface area contributed by atoms with Crippen molar-refractivity contribution in [1.82, 2.24) is 14.8 Å². The molecule has 2 heterocycles. The quantitative estimate of drug-likeness (QED) is 0.675. The Balaban J connectivity index is 1.96. The van der Waals surface area contributed by atoms with E-state index in [0.717, 1.165) is 17.1 Å². The zero-order chi connectivity index (χ0) is 13.4. The highest BCUT2D eigenvalue weighted by atomic mass is 15.3. The Bertz CT molecular complexity index is 774. The van der Waals surface area contributed by atoms with E-state index in [4.69, 9.17) is 4.99 Å². The van der Waals surface area contributed by atoms with Gasteiger partial charge in [-0.25, -0.2) is 0 Å². The van der Waals surface area contributed by atoms with E-state index >= 15 is 0 Å². The zero-order valence-electron chi connectivity index (χ0n) is 10.7. The number of para-hydroxylation sites is 1. The van der Waals surface area contributed by atoms with E-state index in [0.29, 0.717) is 0 Å². The molecule has 1 atom stereocenters. The minimum Gasteiger partial charge on any atom is -0.280 e. The van der Waals surface area contributed by atoms with Crippen molar-refractivity contribution in [2.45, 2.75) is 6.04 Å². The standard InChI is InChI=1S/C16H12N4/c1-2-6-12(7-3-1)16-13-8-4-5-9-14(13)20-11-18-19-15(20)10-17-16/h1-11,16H. The predicted octanol–water partition coefficient (Wildman–Crippen LogP) is 2.79. The number of hydrogen-bond acceptors (Lipinski definition) is 3. The van der Waals surface area contributed by atoms with E-state index in [1.807, 2.05) is 34.9 Å². The molecular weight excluding hydrogens is 248 g/mol. The van der Waals surface area contributed by atoms with Crippen LogP contribution in [0.5, 0.6) is 0 Å². The molecule has 1 aliphatic heterocycles. The molecule has 0 aliphatic carbocycles. The van der Waals surface area contributed by atoms with Crippen molar-refractivity contribution in [2.24, 2.45) is 4.99 Å². The van der Waals surface area contributed by atoms with E-state index in [1.165, 1.54) is 5.56 Å². The number of rotatable bonds is 1. The summed E-state index contributed by atoms with van der Waals surface area (Å²) in [5, 5.41) is 8.07. The number of aromatic nitrogens is 3. The molecule has 4 nitrogen and oxygen atoms in total. The number of hydrogen-bond donors (Lipinski definition) is 0. The second-order valence-corrected chi connectivity index (χ2v) is 4.71. The van der Waals surface area contributed by atoms with Gasteiger partial charge in [0.15, 0.2) is 5.82 Å². The van der Waals surface area contributed by atoms with Crippen molar-refractivity contribution in [1.29, 1.82) is 0 Å². The molecule has 2 aromatic carbocycles. The van der Waals surface area contributed by atoms with E-state index < -0.39 is 0 Å². The number of nitrogens with zero attached hydrogens (tertiary/aromatic N) is 4. The third-order valence-electron chi connectivity index (χ3n) is 3.52. The molecule has 4 rings (SSSR count). The van der Waals surface area contributed by atoms with Crippen LogP contribution in [-0.2, 0) is 0 Å². The molecule has 0 saturated carbocycles. The average molecular weight is 260 g/mol. The third-order valence-corrected chi connectivity index (χ3v) is 3.52. The van der Waals surface area contributed by atoms with Crippen LogP contribution in [0.2, 0.25) is 0 Å². The minimum atomic E-state index is -0.00546. The average Bonchev–Trinajstić information content (AvgIpc) is 2.92. The highest BCUT2D eigenvalue weighted by Crippen LogP contribution is 2.32. The lowest BCUT2D eigenvalue weighted by Crippen LogP contribution is -2.02. The Morgan fingerprint density at radius 3 is 2.60 bits per heavy atom. The first kappa shape index (κ1) is 11.1. The van der Waals surface area contributed by atoms with Crippen LogP contribution in [0.3, 0.4) is 0 Å². The van der Waals surface area contributed by atoms with Gasteiger partial charge in [-0.1, -0.05) is 48.5 Å². The Hall–Kier alpha value is -2.75. The minimum absolute atomic E-state index is 0.00546. The molecule has 0 fully saturated rings. The largest absolute Gasteiger partial charge is 0.280 e. The Morgan fingerprint density at radius 2 is 1.70 bits per heavy atom. The maximum absolute atomic E-state index is 4.70. The number of aliphatic imine (C=N–C) groups is 1. The van der Waals surface area contributed by atoms with Gasteiger partial charge in [-0.3, -0.25) is 9.56 Å². The van der Waals surface area contributed by atoms with Gasteiger partial charge in [0.05, 0.1) is 11.9 Å². The van der Waals surface area contributed by atoms with Crippen LogP contribution in [0, 0.1) is 0 Å². The molecule has 3 aromatic rings. The van der Waals surface area contributed by atoms with Gasteiger partial charge in [-0.2, -0.15) is 0 Å². The summed E-state index contributed by atoms with van der Waals surface area (Å²) in [6.07, 6.45) is 3.53. The highest BCUT2D eigenvalue weighted by molar-refractivity contribution is 5.78. The van der Waals surface area contributed by atoms with Crippen LogP contribution in [-0.4, -0.2) is 21.0 Å². The van der Waals surface area contributed by atoms with Crippen LogP contribution in [0.15, 0.2) is 65.9 Å². The molecule has 0 spiro atoms. The summed E-state index contributed by atoms with van der Waals surface area (Å²) in [6, 6.07) is 18.5. The predicted molar refractivity (Wildman–Crippen MR) is 77.2 cm³/mol. The Morgan fingerprint density at radius 1 is 0.900 bits per heavy atom. The zero-order valence-corrected chi connectivity index (χ0v) is 10.7. The van der Waals surface area contributed by atoms with Gasteiger partial charge >= 0.3 is 0 Å². The molecule has 0 radical (unpaired) electrons. The van der Waals surface area contributed by atoms with Crippen LogP contribution >= 0.6 is 0 Å². The summed E-state index contributed by atoms with van der Waals surface area (Å²) in [4.78, 5) is 4.70. The smallest absolute Gasteiger partial charge is 0.179 e. The maximum Gasteiger partial charge on any atom is 0.179 e. The fraction of sp³-hybridized carbons (Fsp3) is 0.0625. The second-order valence-electron chi connectivity index (χ2n) is 4.71. The highest BCUT2D eigenvalue weighted by Gasteiger charge is 2.21. The first-order chi connectivity index (χ1) is 9.93. The van der Waals surface area contributed by atoms with Crippen LogP contribution < -0.4 is 0 Å². The lowest BCUT2D eigenvalue weighted by molar-refractivity contribution is 0.869. The molecule has 20 heavy (non-hydrogen) atoms. The lowest BCUT2D eigenvalue weighted by Gasteiger charge is -2.15. The molecular formula is C16H12N4. The van der Waals surface area contributed by atoms with Crippen LogP contribution in [0.1, 0.15) is 23.0 Å². The van der Waals surface area contributed by atoms with Gasteiger partial charge in [0.1, 0.15) is 12.4 Å². The Labute approximate surface area is 116 Å². The number of fused-ring (bicyclic) bond motifs is 3. The van der Waals surface area contributed by atoms with E-state index in [1.54, 1.807) is 12.5 Å². The summed E-state index contributed by atoms with van der Waals surface area (Å²) in [5.41, 5.74) is 3.42. The van der Waals surface area contributed by atoms with Crippen molar-refractivity contribution < 1.29 is 0 Å². The summed E-state index contributed by atoms with van der Waals surface area (Å²) >= 11 is 0. The van der Waals surface area contributed by atoms with Gasteiger partial charge in [0.2, 0.25) is 0 Å². The van der Waals surface area contributed by atoms with Crippen LogP contribution in [0.25, 0.3) is 5.69 Å². The van der Waals surface area contributed by atoms with Gasteiger partial charge in [0, 0.05) is 5.56 Å². The summed E-state index contributed by atoms with van der Waals surface area (Å²) < 4.78 is 1.97. The molecule has 1 aromatic heterocycles. The third kappa shape index (κ3) is 1.66. The molecule has 0 bridgehead atoms. The van der Waals surface area contributed by atoms with E-state index in [2.05, 4.69) is 34.5 Å². The molecule has 0 amide bonds.